The minimum Gasteiger partial charge on any atom is -0.358 e. The monoisotopic (exact) mass is 382 g/mol. The molecule has 1 unspecified atom stereocenters. The quantitative estimate of drug-likeness (QED) is 0.498. The topological polar surface area (TPSA) is 108 Å². The Labute approximate surface area is 162 Å². The zero-order valence-electron chi connectivity index (χ0n) is 16.0. The molecule has 0 saturated carbocycles. The number of aryl methyl sites for hydroxylation is 2. The van der Waals surface area contributed by atoms with E-state index >= 15 is 0 Å². The van der Waals surface area contributed by atoms with Crippen molar-refractivity contribution in [1.82, 2.24) is 19.6 Å². The van der Waals surface area contributed by atoms with Crippen LogP contribution < -0.4 is 5.32 Å². The summed E-state index contributed by atoms with van der Waals surface area (Å²) in [5.41, 5.74) is 2.85. The highest BCUT2D eigenvalue weighted by molar-refractivity contribution is 5.92. The van der Waals surface area contributed by atoms with Gasteiger partial charge in [0.05, 0.1) is 23.4 Å². The van der Waals surface area contributed by atoms with Gasteiger partial charge in [-0.05, 0) is 30.8 Å². The molecule has 0 saturated heterocycles. The Morgan fingerprint density at radius 2 is 2.04 bits per heavy atom. The maximum Gasteiger partial charge on any atom is 0.390 e. The molecule has 1 amide bonds. The average Bonchev–Trinajstić information content (AvgIpc) is 3.23. The summed E-state index contributed by atoms with van der Waals surface area (Å²) in [6.07, 6.45) is 2.23. The van der Waals surface area contributed by atoms with Gasteiger partial charge < -0.3 is 15.4 Å². The van der Waals surface area contributed by atoms with E-state index in [0.29, 0.717) is 24.5 Å². The van der Waals surface area contributed by atoms with Gasteiger partial charge in [0.25, 0.3) is 5.91 Å². The second-order valence-corrected chi connectivity index (χ2v) is 6.65. The molecule has 9 nitrogen and oxygen atoms in total. The molecule has 1 aromatic carbocycles. The molecule has 0 aliphatic carbocycles. The summed E-state index contributed by atoms with van der Waals surface area (Å²) in [7, 11) is 0. The van der Waals surface area contributed by atoms with E-state index < -0.39 is 11.0 Å². The first-order valence-electron chi connectivity index (χ1n) is 8.97. The Balaban J connectivity index is 1.71. The number of nitrogens with one attached hydrogen (secondary N) is 1. The number of carbonyl (C=O) groups excluding carboxylic acids is 1. The fourth-order valence-electron chi connectivity index (χ4n) is 3.07. The maximum absolute atomic E-state index is 12.7. The minimum atomic E-state index is -0.657. The highest BCUT2D eigenvalue weighted by atomic mass is 16.6. The van der Waals surface area contributed by atoms with Crippen LogP contribution in [0, 0.1) is 24.0 Å². The predicted molar refractivity (Wildman–Crippen MR) is 104 cm³/mol. The molecule has 0 bridgehead atoms. The van der Waals surface area contributed by atoms with Crippen molar-refractivity contribution in [1.29, 1.82) is 0 Å². The van der Waals surface area contributed by atoms with E-state index in [0.717, 1.165) is 5.56 Å². The molecule has 146 valence electrons. The van der Waals surface area contributed by atoms with Gasteiger partial charge in [-0.25, -0.2) is 0 Å². The van der Waals surface area contributed by atoms with Crippen molar-refractivity contribution < 1.29 is 9.72 Å². The van der Waals surface area contributed by atoms with Gasteiger partial charge in [0.15, 0.2) is 11.9 Å². The highest BCUT2D eigenvalue weighted by Gasteiger charge is 2.27. The summed E-state index contributed by atoms with van der Waals surface area (Å²) in [5, 5.41) is 22.0. The number of benzene rings is 1. The van der Waals surface area contributed by atoms with Crippen LogP contribution in [0.4, 0.5) is 11.6 Å². The van der Waals surface area contributed by atoms with E-state index in [1.54, 1.807) is 23.9 Å². The molecule has 9 heteroatoms. The molecule has 2 heterocycles. The smallest absolute Gasteiger partial charge is 0.358 e. The van der Waals surface area contributed by atoms with Crippen LogP contribution in [0.25, 0.3) is 0 Å². The Kier molecular flexibility index (Phi) is 5.53. The van der Waals surface area contributed by atoms with Crippen molar-refractivity contribution >= 4 is 17.5 Å². The van der Waals surface area contributed by atoms with Gasteiger partial charge in [0.2, 0.25) is 0 Å². The lowest BCUT2D eigenvalue weighted by Gasteiger charge is -2.13. The third kappa shape index (κ3) is 4.25. The first-order chi connectivity index (χ1) is 13.4. The molecule has 1 N–H and O–H groups in total. The van der Waals surface area contributed by atoms with Gasteiger partial charge in [0, 0.05) is 12.3 Å². The van der Waals surface area contributed by atoms with E-state index in [4.69, 9.17) is 0 Å². The Hall–Kier alpha value is -3.49. The van der Waals surface area contributed by atoms with Crippen LogP contribution in [-0.4, -0.2) is 30.4 Å². The van der Waals surface area contributed by atoms with Crippen LogP contribution in [0.2, 0.25) is 0 Å². The van der Waals surface area contributed by atoms with Gasteiger partial charge in [0.1, 0.15) is 0 Å². The summed E-state index contributed by atoms with van der Waals surface area (Å²) in [6, 6.07) is 10.5. The summed E-state index contributed by atoms with van der Waals surface area (Å²) in [5.74, 6) is -0.161. The molecule has 0 fully saturated rings. The number of hydrogen-bond acceptors (Lipinski definition) is 5. The number of amides is 1. The van der Waals surface area contributed by atoms with E-state index in [2.05, 4.69) is 21.6 Å². The summed E-state index contributed by atoms with van der Waals surface area (Å²) < 4.78 is 3.13. The fourth-order valence-corrected chi connectivity index (χ4v) is 3.07. The lowest BCUT2D eigenvalue weighted by Crippen LogP contribution is -2.27. The molecule has 0 aliphatic rings. The van der Waals surface area contributed by atoms with Gasteiger partial charge in [-0.2, -0.15) is 9.78 Å². The number of rotatable bonds is 7. The Morgan fingerprint density at radius 1 is 1.25 bits per heavy atom. The van der Waals surface area contributed by atoms with Crippen molar-refractivity contribution in [2.75, 3.05) is 5.32 Å². The van der Waals surface area contributed by atoms with Gasteiger partial charge in [-0.3, -0.25) is 9.48 Å². The van der Waals surface area contributed by atoms with E-state index in [9.17, 15) is 14.9 Å². The van der Waals surface area contributed by atoms with E-state index in [-0.39, 0.29) is 11.7 Å². The summed E-state index contributed by atoms with van der Waals surface area (Å²) in [6.45, 7) is 6.14. The molecule has 28 heavy (non-hydrogen) atoms. The third-order valence-corrected chi connectivity index (χ3v) is 4.40. The maximum atomic E-state index is 12.7. The third-order valence-electron chi connectivity index (χ3n) is 4.40. The van der Waals surface area contributed by atoms with Crippen LogP contribution in [-0.2, 0) is 11.3 Å². The van der Waals surface area contributed by atoms with Crippen LogP contribution >= 0.6 is 0 Å². The second-order valence-electron chi connectivity index (χ2n) is 6.65. The summed E-state index contributed by atoms with van der Waals surface area (Å²) >= 11 is 0. The largest absolute Gasteiger partial charge is 0.390 e. The van der Waals surface area contributed by atoms with Crippen molar-refractivity contribution in [3.63, 3.8) is 0 Å². The molecule has 0 radical (unpaired) electrons. The lowest BCUT2D eigenvalue weighted by molar-refractivity contribution is -0.389. The van der Waals surface area contributed by atoms with Gasteiger partial charge in [-0.15, -0.1) is 0 Å². The van der Waals surface area contributed by atoms with Gasteiger partial charge in [-0.1, -0.05) is 36.8 Å². The van der Waals surface area contributed by atoms with Crippen molar-refractivity contribution in [3.05, 3.63) is 69.5 Å². The van der Waals surface area contributed by atoms with Crippen LogP contribution in [0.5, 0.6) is 0 Å². The number of carbonyl (C=O) groups is 1. The molecule has 3 rings (SSSR count). The molecular formula is C19H22N6O3. The van der Waals surface area contributed by atoms with Crippen LogP contribution in [0.15, 0.2) is 42.6 Å². The standard InChI is InChI=1S/C19H22N6O3/c1-4-16(24-14(3)11-18(22-24)25(27)28)19(26)20-17-8-9-23(21-17)12-15-7-5-6-13(2)10-15/h5-11,16H,4,12H2,1-3H3,(H,20,21,26). The van der Waals surface area contributed by atoms with E-state index in [1.807, 2.05) is 32.0 Å². The highest BCUT2D eigenvalue weighted by Crippen LogP contribution is 2.20. The molecular weight excluding hydrogens is 360 g/mol. The SMILES string of the molecule is CCC(C(=O)Nc1ccn(Cc2cccc(C)c2)n1)n1nc([N+](=O)[O-])cc1C. The normalized spacial score (nSPS) is 12.0. The first-order valence-corrected chi connectivity index (χ1v) is 8.97. The zero-order chi connectivity index (χ0) is 20.3. The number of anilines is 1. The number of hydrogen-bond donors (Lipinski definition) is 1. The molecule has 0 spiro atoms. The Bertz CT molecular complexity index is 1010. The molecule has 3 aromatic rings. The van der Waals surface area contributed by atoms with Crippen molar-refractivity contribution in [3.8, 4) is 0 Å². The predicted octanol–water partition coefficient (Wildman–Crippen LogP) is 3.24. The minimum absolute atomic E-state index is 0.272. The number of nitro groups is 1. The second kappa shape index (κ2) is 8.03. The summed E-state index contributed by atoms with van der Waals surface area (Å²) in [4.78, 5) is 23.1. The number of aromatic nitrogens is 4. The fraction of sp³-hybridized carbons (Fsp3) is 0.316. The van der Waals surface area contributed by atoms with Crippen molar-refractivity contribution in [2.45, 2.75) is 39.8 Å². The first kappa shape index (κ1) is 19.3. The van der Waals surface area contributed by atoms with Crippen LogP contribution in [0.3, 0.4) is 0 Å². The lowest BCUT2D eigenvalue weighted by atomic mass is 10.1. The van der Waals surface area contributed by atoms with Gasteiger partial charge >= 0.3 is 5.82 Å². The van der Waals surface area contributed by atoms with E-state index in [1.165, 1.54) is 16.3 Å². The average molecular weight is 382 g/mol. The number of nitrogens with zero attached hydrogens (tertiary/aromatic N) is 5. The molecule has 1 atom stereocenters. The zero-order valence-corrected chi connectivity index (χ0v) is 16.0. The molecule has 2 aromatic heterocycles. The Morgan fingerprint density at radius 3 is 2.68 bits per heavy atom. The van der Waals surface area contributed by atoms with Crippen molar-refractivity contribution in [2.24, 2.45) is 0 Å². The molecule has 0 aliphatic heterocycles. The van der Waals surface area contributed by atoms with Crippen LogP contribution in [0.1, 0.15) is 36.2 Å².